The first-order valence-corrected chi connectivity index (χ1v) is 9.44. The van der Waals surface area contributed by atoms with Crippen LogP contribution in [0.2, 0.25) is 5.02 Å². The summed E-state index contributed by atoms with van der Waals surface area (Å²) in [5.41, 5.74) is 4.10. The molecule has 0 unspecified atom stereocenters. The van der Waals surface area contributed by atoms with Gasteiger partial charge in [0, 0.05) is 10.6 Å². The number of nitrogens with zero attached hydrogens (tertiary/aromatic N) is 3. The third-order valence-electron chi connectivity index (χ3n) is 4.05. The summed E-state index contributed by atoms with van der Waals surface area (Å²) in [5.74, 6) is 1.14. The fraction of sp³-hybridized carbons (Fsp3) is 0.211. The maximum Gasteiger partial charge on any atom is 0.232 e. The van der Waals surface area contributed by atoms with E-state index in [1.807, 2.05) is 25.1 Å². The van der Waals surface area contributed by atoms with Crippen LogP contribution in [0.4, 0.5) is 0 Å². The lowest BCUT2D eigenvalue weighted by molar-refractivity contribution is 0.201. The van der Waals surface area contributed by atoms with Crippen LogP contribution in [0, 0.1) is 6.92 Å². The normalized spacial score (nSPS) is 11.3. The standard InChI is InChI=1S/C19H16ClN3O3S/c1-10-5-12(26-4-3-24)8-15-17(10)23-19(27-15)13-6-11(20)7-14-18(13)21-9-16(22-14)25-2/h5-9,24H,3-4H2,1-2H3. The van der Waals surface area contributed by atoms with Crippen molar-refractivity contribution in [2.24, 2.45) is 0 Å². The van der Waals surface area contributed by atoms with Crippen molar-refractivity contribution in [2.75, 3.05) is 20.3 Å². The predicted molar refractivity (Wildman–Crippen MR) is 107 cm³/mol. The number of halogens is 1. The molecule has 2 aromatic heterocycles. The average Bonchev–Trinajstić information content (AvgIpc) is 3.09. The number of fused-ring (bicyclic) bond motifs is 2. The van der Waals surface area contributed by atoms with Crippen molar-refractivity contribution in [1.29, 1.82) is 0 Å². The Morgan fingerprint density at radius 3 is 2.78 bits per heavy atom. The van der Waals surface area contributed by atoms with Crippen LogP contribution < -0.4 is 9.47 Å². The molecule has 6 nitrogen and oxygen atoms in total. The van der Waals surface area contributed by atoms with E-state index in [0.29, 0.717) is 27.7 Å². The molecule has 4 rings (SSSR count). The number of ether oxygens (including phenoxy) is 2. The Morgan fingerprint density at radius 1 is 1.15 bits per heavy atom. The number of aromatic nitrogens is 3. The van der Waals surface area contributed by atoms with Gasteiger partial charge in [0.1, 0.15) is 17.4 Å². The van der Waals surface area contributed by atoms with Gasteiger partial charge in [0.15, 0.2) is 0 Å². The van der Waals surface area contributed by atoms with Crippen LogP contribution in [0.3, 0.4) is 0 Å². The Balaban J connectivity index is 1.88. The number of rotatable bonds is 5. The van der Waals surface area contributed by atoms with E-state index in [2.05, 4.69) is 9.97 Å². The van der Waals surface area contributed by atoms with Crippen LogP contribution in [0.25, 0.3) is 31.8 Å². The van der Waals surface area contributed by atoms with Gasteiger partial charge in [-0.3, -0.25) is 0 Å². The quantitative estimate of drug-likeness (QED) is 0.538. The van der Waals surface area contributed by atoms with Gasteiger partial charge in [0.25, 0.3) is 0 Å². The second-order valence-corrected chi connectivity index (χ2v) is 7.38. The van der Waals surface area contributed by atoms with Crippen molar-refractivity contribution in [3.8, 4) is 22.2 Å². The molecule has 0 saturated heterocycles. The number of thiazole rings is 1. The van der Waals surface area contributed by atoms with Crippen LogP contribution >= 0.6 is 22.9 Å². The molecule has 0 spiro atoms. The van der Waals surface area contributed by atoms with Gasteiger partial charge in [-0.2, -0.15) is 0 Å². The Bertz CT molecular complexity index is 1150. The Kier molecular flexibility index (Phi) is 4.82. The topological polar surface area (TPSA) is 77.4 Å². The maximum atomic E-state index is 8.96. The highest BCUT2D eigenvalue weighted by atomic mass is 35.5. The van der Waals surface area contributed by atoms with Crippen molar-refractivity contribution in [3.63, 3.8) is 0 Å². The SMILES string of the molecule is COc1cnc2c(-c3nc4c(C)cc(OCCO)cc4s3)cc(Cl)cc2n1. The van der Waals surface area contributed by atoms with Crippen molar-refractivity contribution < 1.29 is 14.6 Å². The number of aliphatic hydroxyl groups excluding tert-OH is 1. The number of hydrogen-bond acceptors (Lipinski definition) is 7. The maximum absolute atomic E-state index is 8.96. The van der Waals surface area contributed by atoms with Gasteiger partial charge < -0.3 is 14.6 Å². The van der Waals surface area contributed by atoms with Crippen LogP contribution in [-0.4, -0.2) is 40.4 Å². The van der Waals surface area contributed by atoms with E-state index >= 15 is 0 Å². The number of hydrogen-bond donors (Lipinski definition) is 1. The fourth-order valence-corrected chi connectivity index (χ4v) is 4.16. The summed E-state index contributed by atoms with van der Waals surface area (Å²) in [7, 11) is 1.55. The third kappa shape index (κ3) is 3.41. The minimum absolute atomic E-state index is 0.0261. The molecule has 0 aliphatic rings. The Morgan fingerprint density at radius 2 is 2.00 bits per heavy atom. The molecule has 2 aromatic carbocycles. The number of methoxy groups -OCH3 is 1. The molecular formula is C19H16ClN3O3S. The van der Waals surface area contributed by atoms with Gasteiger partial charge in [-0.1, -0.05) is 11.6 Å². The molecule has 2 heterocycles. The van der Waals surface area contributed by atoms with Gasteiger partial charge in [0.05, 0.1) is 41.2 Å². The van der Waals surface area contributed by atoms with Crippen LogP contribution in [0.1, 0.15) is 5.56 Å². The van der Waals surface area contributed by atoms with Crippen molar-refractivity contribution >= 4 is 44.2 Å². The van der Waals surface area contributed by atoms with Gasteiger partial charge >= 0.3 is 0 Å². The average molecular weight is 402 g/mol. The first-order chi connectivity index (χ1) is 13.1. The summed E-state index contributed by atoms with van der Waals surface area (Å²) in [6.07, 6.45) is 1.58. The monoisotopic (exact) mass is 401 g/mol. The summed E-state index contributed by atoms with van der Waals surface area (Å²) in [6, 6.07) is 7.46. The highest BCUT2D eigenvalue weighted by Gasteiger charge is 2.15. The van der Waals surface area contributed by atoms with Crippen molar-refractivity contribution in [2.45, 2.75) is 6.92 Å². The highest BCUT2D eigenvalue weighted by molar-refractivity contribution is 7.21. The molecule has 0 saturated carbocycles. The molecule has 0 aliphatic carbocycles. The highest BCUT2D eigenvalue weighted by Crippen LogP contribution is 2.38. The zero-order valence-corrected chi connectivity index (χ0v) is 16.3. The molecule has 4 aromatic rings. The first-order valence-electron chi connectivity index (χ1n) is 8.24. The second-order valence-electron chi connectivity index (χ2n) is 5.91. The second kappa shape index (κ2) is 7.26. The molecule has 27 heavy (non-hydrogen) atoms. The number of benzene rings is 2. The molecule has 0 atom stereocenters. The molecule has 0 fully saturated rings. The van der Waals surface area contributed by atoms with Gasteiger partial charge in [0.2, 0.25) is 5.88 Å². The predicted octanol–water partition coefficient (Wildman–Crippen LogP) is 4.25. The van der Waals surface area contributed by atoms with Crippen molar-refractivity contribution in [1.82, 2.24) is 15.0 Å². The van der Waals surface area contributed by atoms with Crippen LogP contribution in [0.5, 0.6) is 11.6 Å². The minimum Gasteiger partial charge on any atom is -0.491 e. The zero-order chi connectivity index (χ0) is 19.0. The zero-order valence-electron chi connectivity index (χ0n) is 14.7. The molecule has 0 aliphatic heterocycles. The lowest BCUT2D eigenvalue weighted by Gasteiger charge is -2.05. The molecular weight excluding hydrogens is 386 g/mol. The van der Waals surface area contributed by atoms with E-state index in [9.17, 15) is 0 Å². The van der Waals surface area contributed by atoms with E-state index in [0.717, 1.165) is 26.4 Å². The summed E-state index contributed by atoms with van der Waals surface area (Å²) in [4.78, 5) is 13.7. The van der Waals surface area contributed by atoms with Crippen LogP contribution in [-0.2, 0) is 0 Å². The van der Waals surface area contributed by atoms with E-state index in [4.69, 9.17) is 31.2 Å². The van der Waals surface area contributed by atoms with Gasteiger partial charge in [-0.15, -0.1) is 11.3 Å². The summed E-state index contributed by atoms with van der Waals surface area (Å²) in [5, 5.41) is 10.3. The third-order valence-corrected chi connectivity index (χ3v) is 5.30. The summed E-state index contributed by atoms with van der Waals surface area (Å²) in [6.45, 7) is 2.22. The molecule has 1 N–H and O–H groups in total. The largest absolute Gasteiger partial charge is 0.491 e. The Labute approximate surface area is 164 Å². The van der Waals surface area contributed by atoms with E-state index in [-0.39, 0.29) is 13.2 Å². The molecule has 0 amide bonds. The van der Waals surface area contributed by atoms with E-state index < -0.39 is 0 Å². The van der Waals surface area contributed by atoms with E-state index in [1.54, 1.807) is 19.4 Å². The lowest BCUT2D eigenvalue weighted by Crippen LogP contribution is -2.01. The van der Waals surface area contributed by atoms with E-state index in [1.165, 1.54) is 11.3 Å². The smallest absolute Gasteiger partial charge is 0.232 e. The summed E-state index contributed by atoms with van der Waals surface area (Å²) < 4.78 is 11.7. The fourth-order valence-electron chi connectivity index (χ4n) is 2.86. The Hall–Kier alpha value is -2.48. The molecule has 0 bridgehead atoms. The van der Waals surface area contributed by atoms with Gasteiger partial charge in [-0.25, -0.2) is 15.0 Å². The van der Waals surface area contributed by atoms with Gasteiger partial charge in [-0.05, 0) is 36.8 Å². The lowest BCUT2D eigenvalue weighted by atomic mass is 10.1. The molecule has 138 valence electrons. The number of aliphatic hydroxyl groups is 1. The van der Waals surface area contributed by atoms with Crippen molar-refractivity contribution in [3.05, 3.63) is 41.0 Å². The first kappa shape index (κ1) is 17.9. The minimum atomic E-state index is -0.0261. The number of aryl methyl sites for hydroxylation is 1. The molecule has 8 heteroatoms. The summed E-state index contributed by atoms with van der Waals surface area (Å²) >= 11 is 7.84. The van der Waals surface area contributed by atoms with Crippen LogP contribution in [0.15, 0.2) is 30.5 Å². The molecule has 0 radical (unpaired) electrons.